The van der Waals surface area contributed by atoms with Crippen LogP contribution in [0.2, 0.25) is 0 Å². The molecule has 2 N–H and O–H groups in total. The van der Waals surface area contributed by atoms with Crippen molar-refractivity contribution in [3.05, 3.63) is 42.1 Å². The van der Waals surface area contributed by atoms with Crippen LogP contribution < -0.4 is 10.5 Å². The van der Waals surface area contributed by atoms with E-state index in [0.717, 1.165) is 11.3 Å². The number of nitrogen functional groups attached to an aromatic ring is 1. The van der Waals surface area contributed by atoms with E-state index in [-0.39, 0.29) is 0 Å². The second kappa shape index (κ2) is 4.57. The first-order valence-corrected chi connectivity index (χ1v) is 4.83. The van der Waals surface area contributed by atoms with E-state index in [2.05, 4.69) is 15.0 Å². The first kappa shape index (κ1) is 10.4. The fraction of sp³-hybridized carbons (Fsp3) is 0.182. The molecule has 5 heteroatoms. The van der Waals surface area contributed by atoms with Crippen molar-refractivity contribution in [2.75, 3.05) is 12.8 Å². The molecule has 0 spiro atoms. The second-order valence-electron chi connectivity index (χ2n) is 3.27. The van der Waals surface area contributed by atoms with Gasteiger partial charge in [-0.05, 0) is 17.7 Å². The van der Waals surface area contributed by atoms with Crippen LogP contribution in [-0.4, -0.2) is 22.1 Å². The molecule has 2 aromatic rings. The van der Waals surface area contributed by atoms with E-state index in [9.17, 15) is 0 Å². The van der Waals surface area contributed by atoms with Gasteiger partial charge in [0.15, 0.2) is 11.6 Å². The van der Waals surface area contributed by atoms with E-state index in [1.165, 1.54) is 6.33 Å². The maximum absolute atomic E-state index is 5.70. The highest BCUT2D eigenvalue weighted by Crippen LogP contribution is 2.23. The Morgan fingerprint density at radius 2 is 2.00 bits per heavy atom. The molecule has 0 aromatic carbocycles. The van der Waals surface area contributed by atoms with Crippen molar-refractivity contribution in [2.24, 2.45) is 0 Å². The molecule has 0 aliphatic rings. The zero-order valence-electron chi connectivity index (χ0n) is 8.92. The highest BCUT2D eigenvalue weighted by molar-refractivity contribution is 5.49. The lowest BCUT2D eigenvalue weighted by Crippen LogP contribution is -2.03. The molecule has 0 fully saturated rings. The Labute approximate surface area is 93.3 Å². The van der Waals surface area contributed by atoms with Gasteiger partial charge in [-0.3, -0.25) is 4.98 Å². The van der Waals surface area contributed by atoms with Crippen LogP contribution in [0.5, 0.6) is 5.75 Å². The van der Waals surface area contributed by atoms with Gasteiger partial charge in [-0.25, -0.2) is 9.97 Å². The molecular formula is C11H12N4O. The number of anilines is 1. The fourth-order valence-corrected chi connectivity index (χ4v) is 1.47. The summed E-state index contributed by atoms with van der Waals surface area (Å²) in [7, 11) is 1.56. The van der Waals surface area contributed by atoms with E-state index in [4.69, 9.17) is 10.5 Å². The normalized spacial score (nSPS) is 10.1. The van der Waals surface area contributed by atoms with Gasteiger partial charge in [0, 0.05) is 18.8 Å². The number of pyridine rings is 1. The lowest BCUT2D eigenvalue weighted by atomic mass is 10.1. The smallest absolute Gasteiger partial charge is 0.182 e. The van der Waals surface area contributed by atoms with Gasteiger partial charge < -0.3 is 10.5 Å². The molecule has 0 atom stereocenters. The first-order valence-electron chi connectivity index (χ1n) is 4.83. The Hall–Kier alpha value is -2.17. The summed E-state index contributed by atoms with van der Waals surface area (Å²) >= 11 is 0. The van der Waals surface area contributed by atoms with Crippen molar-refractivity contribution in [1.29, 1.82) is 0 Å². The summed E-state index contributed by atoms with van der Waals surface area (Å²) in [6, 6.07) is 3.86. The Morgan fingerprint density at radius 3 is 2.69 bits per heavy atom. The fourth-order valence-electron chi connectivity index (χ4n) is 1.47. The van der Waals surface area contributed by atoms with Gasteiger partial charge in [-0.2, -0.15) is 0 Å². The highest BCUT2D eigenvalue weighted by atomic mass is 16.5. The summed E-state index contributed by atoms with van der Waals surface area (Å²) in [4.78, 5) is 12.0. The Bertz CT molecular complexity index is 473. The van der Waals surface area contributed by atoms with Crippen LogP contribution in [0.3, 0.4) is 0 Å². The number of hydrogen-bond acceptors (Lipinski definition) is 5. The third-order valence-electron chi connectivity index (χ3n) is 2.23. The maximum atomic E-state index is 5.70. The van der Waals surface area contributed by atoms with Crippen molar-refractivity contribution in [1.82, 2.24) is 15.0 Å². The van der Waals surface area contributed by atoms with Crippen LogP contribution in [0.15, 0.2) is 30.9 Å². The van der Waals surface area contributed by atoms with Crippen LogP contribution in [0.4, 0.5) is 5.82 Å². The number of ether oxygens (including phenoxy) is 1. The van der Waals surface area contributed by atoms with E-state index < -0.39 is 0 Å². The third kappa shape index (κ3) is 2.08. The van der Waals surface area contributed by atoms with Gasteiger partial charge in [-0.15, -0.1) is 0 Å². The molecule has 0 amide bonds. The third-order valence-corrected chi connectivity index (χ3v) is 2.23. The van der Waals surface area contributed by atoms with Crippen molar-refractivity contribution in [2.45, 2.75) is 6.42 Å². The van der Waals surface area contributed by atoms with Crippen molar-refractivity contribution < 1.29 is 4.74 Å². The number of methoxy groups -OCH3 is 1. The lowest BCUT2D eigenvalue weighted by Gasteiger charge is -2.08. The average molecular weight is 216 g/mol. The van der Waals surface area contributed by atoms with Gasteiger partial charge >= 0.3 is 0 Å². The summed E-state index contributed by atoms with van der Waals surface area (Å²) in [5.41, 5.74) is 7.58. The summed E-state index contributed by atoms with van der Waals surface area (Å²) in [5.74, 6) is 0.904. The first-order chi connectivity index (χ1) is 7.81. The summed E-state index contributed by atoms with van der Waals surface area (Å²) in [5, 5.41) is 0. The number of aromatic nitrogens is 3. The van der Waals surface area contributed by atoms with Gasteiger partial charge in [-0.1, -0.05) is 0 Å². The molecule has 0 saturated carbocycles. The highest BCUT2D eigenvalue weighted by Gasteiger charge is 2.09. The van der Waals surface area contributed by atoms with Crippen LogP contribution in [0, 0.1) is 0 Å². The Kier molecular flexibility index (Phi) is 2.95. The molecule has 0 bridgehead atoms. The van der Waals surface area contributed by atoms with E-state index in [0.29, 0.717) is 18.0 Å². The predicted octanol–water partition coefficient (Wildman–Crippen LogP) is 1.05. The summed E-state index contributed by atoms with van der Waals surface area (Å²) in [6.07, 6.45) is 5.57. The maximum Gasteiger partial charge on any atom is 0.182 e. The monoisotopic (exact) mass is 216 g/mol. The van der Waals surface area contributed by atoms with E-state index >= 15 is 0 Å². The molecule has 16 heavy (non-hydrogen) atoms. The van der Waals surface area contributed by atoms with Crippen molar-refractivity contribution in [3.63, 3.8) is 0 Å². The van der Waals surface area contributed by atoms with Crippen LogP contribution in [0.1, 0.15) is 11.3 Å². The number of rotatable bonds is 3. The van der Waals surface area contributed by atoms with Gasteiger partial charge in [0.25, 0.3) is 0 Å². The zero-order chi connectivity index (χ0) is 11.4. The minimum absolute atomic E-state index is 0.363. The average Bonchev–Trinajstić information content (AvgIpc) is 2.31. The van der Waals surface area contributed by atoms with Gasteiger partial charge in [0.2, 0.25) is 0 Å². The van der Waals surface area contributed by atoms with Crippen molar-refractivity contribution >= 4 is 5.82 Å². The predicted molar refractivity (Wildman–Crippen MR) is 60.0 cm³/mol. The molecular weight excluding hydrogens is 204 g/mol. The van der Waals surface area contributed by atoms with Crippen LogP contribution in [-0.2, 0) is 6.42 Å². The Morgan fingerprint density at radius 1 is 1.25 bits per heavy atom. The molecule has 2 heterocycles. The topological polar surface area (TPSA) is 73.9 Å². The van der Waals surface area contributed by atoms with Gasteiger partial charge in [0.1, 0.15) is 6.33 Å². The van der Waals surface area contributed by atoms with Gasteiger partial charge in [0.05, 0.1) is 12.8 Å². The SMILES string of the molecule is COc1c(N)ncnc1Cc1ccncc1. The number of nitrogens with zero attached hydrogens (tertiary/aromatic N) is 3. The van der Waals surface area contributed by atoms with Crippen molar-refractivity contribution in [3.8, 4) is 5.75 Å². The second-order valence-corrected chi connectivity index (χ2v) is 3.27. The summed E-state index contributed by atoms with van der Waals surface area (Å²) < 4.78 is 5.18. The van der Waals surface area contributed by atoms with Crippen LogP contribution >= 0.6 is 0 Å². The molecule has 0 radical (unpaired) electrons. The minimum Gasteiger partial charge on any atom is -0.491 e. The molecule has 0 aliphatic carbocycles. The number of hydrogen-bond donors (Lipinski definition) is 1. The molecule has 0 unspecified atom stereocenters. The minimum atomic E-state index is 0.363. The molecule has 5 nitrogen and oxygen atoms in total. The Balaban J connectivity index is 2.31. The van der Waals surface area contributed by atoms with E-state index in [1.807, 2.05) is 12.1 Å². The summed E-state index contributed by atoms with van der Waals surface area (Å²) in [6.45, 7) is 0. The molecule has 82 valence electrons. The molecule has 0 aliphatic heterocycles. The molecule has 0 saturated heterocycles. The quantitative estimate of drug-likeness (QED) is 0.830. The lowest BCUT2D eigenvalue weighted by molar-refractivity contribution is 0.408. The standard InChI is InChI=1S/C11H12N4O/c1-16-10-9(14-7-15-11(10)12)6-8-2-4-13-5-3-8/h2-5,7H,6H2,1H3,(H2,12,14,15). The van der Waals surface area contributed by atoms with Crippen LogP contribution in [0.25, 0.3) is 0 Å². The number of nitrogens with two attached hydrogens (primary N) is 1. The molecule has 2 rings (SSSR count). The zero-order valence-corrected chi connectivity index (χ0v) is 8.92. The molecule has 2 aromatic heterocycles. The largest absolute Gasteiger partial charge is 0.491 e. The van der Waals surface area contributed by atoms with E-state index in [1.54, 1.807) is 19.5 Å².